The predicted octanol–water partition coefficient (Wildman–Crippen LogP) is -6.63. The molecule has 0 spiro atoms. The summed E-state index contributed by atoms with van der Waals surface area (Å²) in [4.78, 5) is 44.4. The fourth-order valence-electron chi connectivity index (χ4n) is 1.69. The minimum absolute atomic E-state index is 0.0155. The minimum Gasteiger partial charge on any atom is -0.550 e. The average molecular weight is 316 g/mol. The van der Waals surface area contributed by atoms with Crippen molar-refractivity contribution >= 4 is 23.9 Å². The summed E-state index contributed by atoms with van der Waals surface area (Å²) in [6.07, 6.45) is -0.792. The van der Waals surface area contributed by atoms with E-state index in [9.17, 15) is 39.6 Å². The molecule has 0 aliphatic heterocycles. The van der Waals surface area contributed by atoms with Crippen molar-refractivity contribution in [3.63, 3.8) is 0 Å². The maximum Gasteiger partial charge on any atom is 0.0555 e. The SMILES string of the molecule is O=C([O-])CCN(CCN(CCC(=O)[O-])CC(=O)[O-])CC(=O)[O-]. The highest BCUT2D eigenvalue weighted by Gasteiger charge is 2.10. The van der Waals surface area contributed by atoms with Gasteiger partial charge < -0.3 is 39.6 Å². The summed E-state index contributed by atoms with van der Waals surface area (Å²) in [5.74, 6) is -5.54. The summed E-state index contributed by atoms with van der Waals surface area (Å²) >= 11 is 0. The number of aliphatic carboxylic acids is 4. The molecule has 0 aromatic heterocycles. The number of hydrogen-bond donors (Lipinski definition) is 0. The number of rotatable bonds is 13. The van der Waals surface area contributed by atoms with Crippen molar-refractivity contribution in [2.45, 2.75) is 12.8 Å². The van der Waals surface area contributed by atoms with Gasteiger partial charge in [0.05, 0.1) is 11.9 Å². The van der Waals surface area contributed by atoms with Gasteiger partial charge >= 0.3 is 0 Å². The first kappa shape index (κ1) is 19.8. The molecule has 0 bridgehead atoms. The number of carbonyl (C=O) groups is 4. The average Bonchev–Trinajstić information content (AvgIpc) is 2.37. The van der Waals surface area contributed by atoms with Gasteiger partial charge in [0.25, 0.3) is 0 Å². The number of carboxylic acid groups (broad SMARTS) is 4. The number of nitrogens with zero attached hydrogens (tertiary/aromatic N) is 2. The standard InChI is InChI=1S/C12H20N2O8/c15-9(16)1-3-13(7-11(19)20)5-6-14(8-12(21)22)4-2-10(17)18/h1-8H2,(H,15,16)(H,17,18)(H,19,20)(H,21,22)/p-4. The molecule has 0 radical (unpaired) electrons. The highest BCUT2D eigenvalue weighted by atomic mass is 16.4. The van der Waals surface area contributed by atoms with Gasteiger partial charge in [0.1, 0.15) is 0 Å². The third-order valence-corrected chi connectivity index (χ3v) is 2.70. The van der Waals surface area contributed by atoms with E-state index in [1.807, 2.05) is 0 Å². The lowest BCUT2D eigenvalue weighted by atomic mass is 10.3. The number of hydrogen-bond acceptors (Lipinski definition) is 10. The second-order valence-electron chi connectivity index (χ2n) is 4.54. The van der Waals surface area contributed by atoms with E-state index in [-0.39, 0.29) is 26.2 Å². The van der Waals surface area contributed by atoms with Crippen molar-refractivity contribution in [1.82, 2.24) is 9.80 Å². The molecule has 0 saturated heterocycles. The molecule has 10 heteroatoms. The van der Waals surface area contributed by atoms with E-state index in [4.69, 9.17) is 0 Å². The van der Waals surface area contributed by atoms with Crippen molar-refractivity contribution in [2.24, 2.45) is 0 Å². The molecule has 0 aliphatic carbocycles. The van der Waals surface area contributed by atoms with Gasteiger partial charge in [-0.2, -0.15) is 0 Å². The van der Waals surface area contributed by atoms with Crippen LogP contribution in [0.1, 0.15) is 12.8 Å². The van der Waals surface area contributed by atoms with Gasteiger partial charge in [-0.3, -0.25) is 9.80 Å². The number of carbonyl (C=O) groups excluding carboxylic acids is 4. The second-order valence-corrected chi connectivity index (χ2v) is 4.54. The topological polar surface area (TPSA) is 167 Å². The first-order valence-corrected chi connectivity index (χ1v) is 6.44. The van der Waals surface area contributed by atoms with Crippen LogP contribution in [-0.4, -0.2) is 72.9 Å². The molecule has 0 aliphatic rings. The Balaban J connectivity index is 4.49. The third kappa shape index (κ3) is 11.6. The van der Waals surface area contributed by atoms with Gasteiger partial charge in [-0.25, -0.2) is 0 Å². The Kier molecular flexibility index (Phi) is 9.46. The molecule has 10 nitrogen and oxygen atoms in total. The fourth-order valence-corrected chi connectivity index (χ4v) is 1.69. The maximum atomic E-state index is 10.6. The van der Waals surface area contributed by atoms with Gasteiger partial charge in [0, 0.05) is 51.2 Å². The second kappa shape index (κ2) is 10.5. The third-order valence-electron chi connectivity index (χ3n) is 2.70. The zero-order valence-corrected chi connectivity index (χ0v) is 11.8. The van der Waals surface area contributed by atoms with E-state index in [1.54, 1.807) is 0 Å². The van der Waals surface area contributed by atoms with Crippen LogP contribution in [0.2, 0.25) is 0 Å². The Morgan fingerprint density at radius 1 is 0.545 bits per heavy atom. The van der Waals surface area contributed by atoms with E-state index >= 15 is 0 Å². The molecule has 0 rings (SSSR count). The highest BCUT2D eigenvalue weighted by Crippen LogP contribution is 1.96. The van der Waals surface area contributed by atoms with Gasteiger partial charge in [-0.15, -0.1) is 0 Å². The van der Waals surface area contributed by atoms with Crippen LogP contribution in [0.4, 0.5) is 0 Å². The molecule has 0 N–H and O–H groups in total. The van der Waals surface area contributed by atoms with Crippen LogP contribution in [0.5, 0.6) is 0 Å². The van der Waals surface area contributed by atoms with Crippen molar-refractivity contribution in [3.05, 3.63) is 0 Å². The van der Waals surface area contributed by atoms with E-state index < -0.39 is 49.8 Å². The summed E-state index contributed by atoms with van der Waals surface area (Å²) in [5.41, 5.74) is 0. The minimum atomic E-state index is -1.42. The normalized spacial score (nSPS) is 10.8. The molecule has 0 heterocycles. The summed E-state index contributed by atoms with van der Waals surface area (Å²) < 4.78 is 0. The van der Waals surface area contributed by atoms with Crippen LogP contribution < -0.4 is 20.4 Å². The van der Waals surface area contributed by atoms with Gasteiger partial charge in [-0.1, -0.05) is 0 Å². The Morgan fingerprint density at radius 3 is 1.09 bits per heavy atom. The van der Waals surface area contributed by atoms with E-state index in [0.29, 0.717) is 0 Å². The highest BCUT2D eigenvalue weighted by molar-refractivity contribution is 5.68. The van der Waals surface area contributed by atoms with Crippen molar-refractivity contribution in [3.8, 4) is 0 Å². The number of carboxylic acids is 4. The molecule has 0 fully saturated rings. The Bertz CT molecular complexity index is 374. The van der Waals surface area contributed by atoms with Crippen LogP contribution in [-0.2, 0) is 19.2 Å². The van der Waals surface area contributed by atoms with Crippen LogP contribution in [0, 0.1) is 0 Å². The van der Waals surface area contributed by atoms with E-state index in [1.165, 1.54) is 9.80 Å². The molecule has 0 unspecified atom stereocenters. The molecular formula is C12H16N2O8-4. The summed E-state index contributed by atoms with van der Waals surface area (Å²) in [6, 6.07) is 0. The Labute approximate surface area is 126 Å². The molecule has 0 amide bonds. The molecule has 22 heavy (non-hydrogen) atoms. The molecule has 0 atom stereocenters. The monoisotopic (exact) mass is 316 g/mol. The summed E-state index contributed by atoms with van der Waals surface area (Å²) in [7, 11) is 0. The smallest absolute Gasteiger partial charge is 0.0555 e. The van der Waals surface area contributed by atoms with Crippen LogP contribution in [0.25, 0.3) is 0 Å². The molecule has 0 aromatic rings. The zero-order valence-electron chi connectivity index (χ0n) is 11.8. The molecule has 0 saturated carbocycles. The van der Waals surface area contributed by atoms with Crippen molar-refractivity contribution in [2.75, 3.05) is 39.3 Å². The van der Waals surface area contributed by atoms with Crippen LogP contribution in [0.15, 0.2) is 0 Å². The van der Waals surface area contributed by atoms with Gasteiger partial charge in [0.2, 0.25) is 0 Å². The van der Waals surface area contributed by atoms with Crippen LogP contribution >= 0.6 is 0 Å². The predicted molar refractivity (Wildman–Crippen MR) is 62.1 cm³/mol. The summed E-state index contributed by atoms with van der Waals surface area (Å²) in [5, 5.41) is 41.9. The van der Waals surface area contributed by atoms with Gasteiger partial charge in [0.15, 0.2) is 0 Å². The first-order chi connectivity index (χ1) is 10.2. The van der Waals surface area contributed by atoms with E-state index in [2.05, 4.69) is 0 Å². The van der Waals surface area contributed by atoms with Crippen LogP contribution in [0.3, 0.4) is 0 Å². The van der Waals surface area contributed by atoms with Crippen molar-refractivity contribution < 1.29 is 39.6 Å². The lowest BCUT2D eigenvalue weighted by Crippen LogP contribution is -2.46. The van der Waals surface area contributed by atoms with E-state index in [0.717, 1.165) is 0 Å². The van der Waals surface area contributed by atoms with Crippen molar-refractivity contribution in [1.29, 1.82) is 0 Å². The molecule has 0 aromatic carbocycles. The quantitative estimate of drug-likeness (QED) is 0.318. The molecule has 126 valence electrons. The largest absolute Gasteiger partial charge is 0.550 e. The maximum absolute atomic E-state index is 10.6. The zero-order chi connectivity index (χ0) is 17.1. The lowest BCUT2D eigenvalue weighted by Gasteiger charge is -2.28. The Morgan fingerprint density at radius 2 is 0.864 bits per heavy atom. The molecular weight excluding hydrogens is 300 g/mol. The lowest BCUT2D eigenvalue weighted by molar-refractivity contribution is -0.310. The fraction of sp³-hybridized carbons (Fsp3) is 0.667. The Hall–Kier alpha value is -2.20. The first-order valence-electron chi connectivity index (χ1n) is 6.44. The van der Waals surface area contributed by atoms with Gasteiger partial charge in [-0.05, 0) is 12.8 Å². The summed E-state index contributed by atoms with van der Waals surface area (Å²) in [6.45, 7) is -1.27.